The van der Waals surface area contributed by atoms with Crippen LogP contribution >= 0.6 is 15.9 Å². The Labute approximate surface area is 85.3 Å². The van der Waals surface area contributed by atoms with Crippen LogP contribution in [0.1, 0.15) is 5.56 Å². The zero-order chi connectivity index (χ0) is 9.68. The van der Waals surface area contributed by atoms with Crippen molar-refractivity contribution in [2.45, 2.75) is 6.92 Å². The molecule has 13 heavy (non-hydrogen) atoms. The molecule has 0 saturated heterocycles. The molecule has 3 heteroatoms. The van der Waals surface area contributed by atoms with Gasteiger partial charge < -0.3 is 4.74 Å². The molecule has 0 amide bonds. The number of halogens is 2. The van der Waals surface area contributed by atoms with E-state index in [0.717, 1.165) is 11.3 Å². The highest BCUT2D eigenvalue weighted by Crippen LogP contribution is 2.13. The molecule has 0 aliphatic carbocycles. The second kappa shape index (κ2) is 5.02. The van der Waals surface area contributed by atoms with Crippen LogP contribution in [-0.2, 0) is 0 Å². The fourth-order valence-corrected chi connectivity index (χ4v) is 1.04. The minimum atomic E-state index is -0.403. The normalized spacial score (nSPS) is 11.5. The molecule has 1 aromatic rings. The molecule has 0 radical (unpaired) electrons. The van der Waals surface area contributed by atoms with Gasteiger partial charge in [0.25, 0.3) is 0 Å². The number of rotatable bonds is 3. The predicted octanol–water partition coefficient (Wildman–Crippen LogP) is 3.58. The summed E-state index contributed by atoms with van der Waals surface area (Å²) in [6.07, 6.45) is 1.32. The van der Waals surface area contributed by atoms with Gasteiger partial charge in [-0.2, -0.15) is 4.39 Å². The van der Waals surface area contributed by atoms with E-state index in [2.05, 4.69) is 15.9 Å². The fourth-order valence-electron chi connectivity index (χ4n) is 0.906. The Morgan fingerprint density at radius 3 is 3.00 bits per heavy atom. The molecule has 0 heterocycles. The van der Waals surface area contributed by atoms with E-state index in [1.807, 2.05) is 31.2 Å². The van der Waals surface area contributed by atoms with Crippen molar-refractivity contribution in [1.29, 1.82) is 0 Å². The average molecular weight is 245 g/mol. The lowest BCUT2D eigenvalue weighted by Crippen LogP contribution is -1.93. The molecular formula is C10H10BrFO. The van der Waals surface area contributed by atoms with Gasteiger partial charge >= 0.3 is 0 Å². The first kappa shape index (κ1) is 10.3. The van der Waals surface area contributed by atoms with Gasteiger partial charge in [-0.3, -0.25) is 0 Å². The van der Waals surface area contributed by atoms with Crippen LogP contribution in [0.25, 0.3) is 0 Å². The summed E-state index contributed by atoms with van der Waals surface area (Å²) < 4.78 is 17.0. The summed E-state index contributed by atoms with van der Waals surface area (Å²) in [4.78, 5) is 0. The van der Waals surface area contributed by atoms with Gasteiger partial charge in [0.1, 0.15) is 12.4 Å². The molecule has 0 unspecified atom stereocenters. The number of hydrogen-bond donors (Lipinski definition) is 0. The van der Waals surface area contributed by atoms with Crippen LogP contribution in [0.4, 0.5) is 4.39 Å². The molecule has 0 aromatic heterocycles. The fraction of sp³-hybridized carbons (Fsp3) is 0.200. The first-order valence-corrected chi connectivity index (χ1v) is 4.68. The number of benzene rings is 1. The van der Waals surface area contributed by atoms with E-state index >= 15 is 0 Å². The van der Waals surface area contributed by atoms with Crippen molar-refractivity contribution in [1.82, 2.24) is 0 Å². The Morgan fingerprint density at radius 2 is 2.38 bits per heavy atom. The van der Waals surface area contributed by atoms with Crippen LogP contribution < -0.4 is 4.74 Å². The third-order valence-corrected chi connectivity index (χ3v) is 1.80. The van der Waals surface area contributed by atoms with Crippen molar-refractivity contribution in [2.24, 2.45) is 0 Å². The Bertz CT molecular complexity index is 306. The highest BCUT2D eigenvalue weighted by Gasteiger charge is 1.92. The van der Waals surface area contributed by atoms with Gasteiger partial charge in [0.05, 0.1) is 0 Å². The monoisotopic (exact) mass is 244 g/mol. The highest BCUT2D eigenvalue weighted by atomic mass is 79.9. The van der Waals surface area contributed by atoms with E-state index in [-0.39, 0.29) is 6.61 Å². The quantitative estimate of drug-likeness (QED) is 0.790. The Hall–Kier alpha value is -0.830. The third-order valence-electron chi connectivity index (χ3n) is 1.48. The standard InChI is InChI=1S/C10H10BrFO/c1-8-3-2-4-9(7-8)13-6-5-10(11)12/h2-5,7H,6H2,1H3. The van der Waals surface area contributed by atoms with E-state index in [0.29, 0.717) is 0 Å². The second-order valence-electron chi connectivity index (χ2n) is 2.62. The summed E-state index contributed by atoms with van der Waals surface area (Å²) in [7, 11) is 0. The summed E-state index contributed by atoms with van der Waals surface area (Å²) in [5.41, 5.74) is 1.13. The highest BCUT2D eigenvalue weighted by molar-refractivity contribution is 9.11. The van der Waals surface area contributed by atoms with E-state index in [1.54, 1.807) is 0 Å². The van der Waals surface area contributed by atoms with E-state index in [9.17, 15) is 4.39 Å². The largest absolute Gasteiger partial charge is 0.489 e. The summed E-state index contributed by atoms with van der Waals surface area (Å²) in [5.74, 6) is 0.755. The van der Waals surface area contributed by atoms with Crippen LogP contribution in [0.5, 0.6) is 5.75 Å². The lowest BCUT2D eigenvalue weighted by Gasteiger charge is -2.02. The molecule has 0 aliphatic heterocycles. The van der Waals surface area contributed by atoms with Gasteiger partial charge in [-0.15, -0.1) is 0 Å². The predicted molar refractivity (Wildman–Crippen MR) is 54.8 cm³/mol. The van der Waals surface area contributed by atoms with Crippen molar-refractivity contribution in [3.8, 4) is 5.75 Å². The molecule has 1 aromatic carbocycles. The van der Waals surface area contributed by atoms with Crippen molar-refractivity contribution in [3.05, 3.63) is 40.6 Å². The maximum atomic E-state index is 12.2. The lowest BCUT2D eigenvalue weighted by molar-refractivity contribution is 0.360. The van der Waals surface area contributed by atoms with Gasteiger partial charge in [-0.25, -0.2) is 0 Å². The summed E-state index contributed by atoms with van der Waals surface area (Å²) in [6, 6.07) is 7.62. The summed E-state index contributed by atoms with van der Waals surface area (Å²) >= 11 is 2.68. The van der Waals surface area contributed by atoms with Gasteiger partial charge in [0, 0.05) is 0 Å². The molecule has 0 fully saturated rings. The lowest BCUT2D eigenvalue weighted by atomic mass is 10.2. The SMILES string of the molecule is Cc1cccc(OCC=C(F)Br)c1. The molecule has 1 rings (SSSR count). The maximum absolute atomic E-state index is 12.2. The van der Waals surface area contributed by atoms with Crippen molar-refractivity contribution >= 4 is 15.9 Å². The molecule has 0 spiro atoms. The molecule has 1 nitrogen and oxygen atoms in total. The van der Waals surface area contributed by atoms with Crippen LogP contribution in [-0.4, -0.2) is 6.61 Å². The maximum Gasteiger partial charge on any atom is 0.165 e. The van der Waals surface area contributed by atoms with Crippen LogP contribution in [0.15, 0.2) is 35.1 Å². The summed E-state index contributed by atoms with van der Waals surface area (Å²) in [5, 5.41) is 0. The molecular weight excluding hydrogens is 235 g/mol. The topological polar surface area (TPSA) is 9.23 Å². The van der Waals surface area contributed by atoms with E-state index in [1.165, 1.54) is 6.08 Å². The van der Waals surface area contributed by atoms with Gasteiger partial charge in [0.15, 0.2) is 4.74 Å². The number of hydrogen-bond acceptors (Lipinski definition) is 1. The van der Waals surface area contributed by atoms with Crippen LogP contribution in [0.3, 0.4) is 0 Å². The smallest absolute Gasteiger partial charge is 0.165 e. The molecule has 0 aliphatic rings. The Balaban J connectivity index is 2.50. The zero-order valence-electron chi connectivity index (χ0n) is 7.26. The molecule has 0 atom stereocenters. The average Bonchev–Trinajstić information content (AvgIpc) is 2.03. The molecule has 70 valence electrons. The first-order chi connectivity index (χ1) is 6.18. The van der Waals surface area contributed by atoms with Crippen LogP contribution in [0, 0.1) is 6.92 Å². The molecule has 0 N–H and O–H groups in total. The van der Waals surface area contributed by atoms with E-state index < -0.39 is 4.74 Å². The molecule has 0 bridgehead atoms. The minimum Gasteiger partial charge on any atom is -0.489 e. The summed E-state index contributed by atoms with van der Waals surface area (Å²) in [6.45, 7) is 2.22. The first-order valence-electron chi connectivity index (χ1n) is 3.89. The van der Waals surface area contributed by atoms with Crippen molar-refractivity contribution in [2.75, 3.05) is 6.61 Å². The van der Waals surface area contributed by atoms with E-state index in [4.69, 9.17) is 4.74 Å². The molecule has 0 saturated carbocycles. The van der Waals surface area contributed by atoms with Gasteiger partial charge in [-0.1, -0.05) is 12.1 Å². The Morgan fingerprint density at radius 1 is 1.62 bits per heavy atom. The van der Waals surface area contributed by atoms with Gasteiger partial charge in [0.2, 0.25) is 0 Å². The Kier molecular flexibility index (Phi) is 3.96. The van der Waals surface area contributed by atoms with Crippen molar-refractivity contribution in [3.63, 3.8) is 0 Å². The second-order valence-corrected chi connectivity index (χ2v) is 3.38. The van der Waals surface area contributed by atoms with Crippen LogP contribution in [0.2, 0.25) is 0 Å². The number of ether oxygens (including phenoxy) is 1. The van der Waals surface area contributed by atoms with Crippen molar-refractivity contribution < 1.29 is 9.13 Å². The number of aryl methyl sites for hydroxylation is 1. The zero-order valence-corrected chi connectivity index (χ0v) is 8.84. The third kappa shape index (κ3) is 4.08. The minimum absolute atomic E-state index is 0.237. The van der Waals surface area contributed by atoms with Gasteiger partial charge in [-0.05, 0) is 46.6 Å².